The van der Waals surface area contributed by atoms with Crippen LogP contribution in [-0.4, -0.2) is 34.1 Å². The predicted octanol–water partition coefficient (Wildman–Crippen LogP) is 1.97. The Kier molecular flexibility index (Phi) is 3.20. The number of carboxylic acids is 1. The van der Waals surface area contributed by atoms with Gasteiger partial charge in [0.05, 0.1) is 0 Å². The zero-order chi connectivity index (χ0) is 10.9. The van der Waals surface area contributed by atoms with Crippen molar-refractivity contribution in [1.82, 2.24) is 4.90 Å². The number of hydrogen-bond donors (Lipinski definition) is 1. The molecule has 1 aliphatic carbocycles. The molecule has 1 N–H and O–H groups in total. The summed E-state index contributed by atoms with van der Waals surface area (Å²) in [6.07, 6.45) is 2.53. The van der Waals surface area contributed by atoms with E-state index in [4.69, 9.17) is 5.11 Å². The van der Waals surface area contributed by atoms with Gasteiger partial charge in [-0.15, -0.1) is 0 Å². The van der Waals surface area contributed by atoms with Crippen molar-refractivity contribution >= 4 is 5.97 Å². The normalized spacial score (nSPS) is 17.9. The van der Waals surface area contributed by atoms with E-state index >= 15 is 0 Å². The highest BCUT2D eigenvalue weighted by atomic mass is 16.4. The van der Waals surface area contributed by atoms with Gasteiger partial charge in [0.2, 0.25) is 0 Å². The van der Waals surface area contributed by atoms with Crippen molar-refractivity contribution in [3.8, 4) is 0 Å². The van der Waals surface area contributed by atoms with Crippen LogP contribution in [0.5, 0.6) is 0 Å². The lowest BCUT2D eigenvalue weighted by atomic mass is 10.0. The van der Waals surface area contributed by atoms with Gasteiger partial charge < -0.3 is 5.11 Å². The molecule has 0 amide bonds. The third kappa shape index (κ3) is 2.47. The molecule has 0 atom stereocenters. The molecule has 1 rings (SSSR count). The van der Waals surface area contributed by atoms with E-state index in [1.807, 2.05) is 0 Å². The van der Waals surface area contributed by atoms with Crippen molar-refractivity contribution in [3.05, 3.63) is 0 Å². The van der Waals surface area contributed by atoms with E-state index in [1.165, 1.54) is 12.8 Å². The molecule has 82 valence electrons. The molecule has 1 saturated carbocycles. The smallest absolute Gasteiger partial charge is 0.323 e. The minimum absolute atomic E-state index is 0.293. The lowest BCUT2D eigenvalue weighted by molar-refractivity contribution is -0.150. The quantitative estimate of drug-likeness (QED) is 0.736. The molecular weight excluding hydrogens is 178 g/mol. The van der Waals surface area contributed by atoms with E-state index in [1.54, 1.807) is 13.8 Å². The van der Waals surface area contributed by atoms with Gasteiger partial charge in [-0.2, -0.15) is 0 Å². The van der Waals surface area contributed by atoms with Crippen LogP contribution < -0.4 is 0 Å². The molecular formula is C11H21NO2. The van der Waals surface area contributed by atoms with Crippen molar-refractivity contribution in [2.24, 2.45) is 5.92 Å². The van der Waals surface area contributed by atoms with Crippen LogP contribution in [0.4, 0.5) is 0 Å². The summed E-state index contributed by atoms with van der Waals surface area (Å²) in [5.74, 6) is 0.00266. The van der Waals surface area contributed by atoms with Crippen molar-refractivity contribution in [3.63, 3.8) is 0 Å². The van der Waals surface area contributed by atoms with E-state index in [0.29, 0.717) is 6.04 Å². The van der Waals surface area contributed by atoms with Crippen LogP contribution in [0.3, 0.4) is 0 Å². The van der Waals surface area contributed by atoms with E-state index < -0.39 is 11.5 Å². The van der Waals surface area contributed by atoms with Crippen molar-refractivity contribution in [2.45, 2.75) is 52.1 Å². The summed E-state index contributed by atoms with van der Waals surface area (Å²) in [6, 6.07) is 0.293. The Labute approximate surface area is 86.1 Å². The second-order valence-corrected chi connectivity index (χ2v) is 5.05. The van der Waals surface area contributed by atoms with Crippen molar-refractivity contribution in [1.29, 1.82) is 0 Å². The van der Waals surface area contributed by atoms with Crippen molar-refractivity contribution in [2.75, 3.05) is 6.54 Å². The first kappa shape index (κ1) is 11.5. The SMILES string of the molecule is CC(C)N(CC1CC1)C(C)(C)C(=O)O. The number of carboxylic acid groups (broad SMARTS) is 1. The van der Waals surface area contributed by atoms with Crippen LogP contribution in [0.25, 0.3) is 0 Å². The lowest BCUT2D eigenvalue weighted by Crippen LogP contribution is -2.53. The van der Waals surface area contributed by atoms with Crippen LogP contribution in [-0.2, 0) is 4.79 Å². The molecule has 0 aromatic rings. The van der Waals surface area contributed by atoms with Gasteiger partial charge in [0.1, 0.15) is 5.54 Å². The first-order valence-electron chi connectivity index (χ1n) is 5.36. The Hall–Kier alpha value is -0.570. The first-order valence-corrected chi connectivity index (χ1v) is 5.36. The standard InChI is InChI=1S/C11H21NO2/c1-8(2)12(7-9-5-6-9)11(3,4)10(13)14/h8-9H,5-7H2,1-4H3,(H,13,14). The molecule has 0 bridgehead atoms. The number of rotatable bonds is 5. The molecule has 0 aromatic heterocycles. The van der Waals surface area contributed by atoms with Gasteiger partial charge in [0, 0.05) is 12.6 Å². The first-order chi connectivity index (χ1) is 6.35. The Bertz CT molecular complexity index is 219. The van der Waals surface area contributed by atoms with Crippen LogP contribution in [0.2, 0.25) is 0 Å². The maximum absolute atomic E-state index is 11.1. The van der Waals surface area contributed by atoms with E-state index in [9.17, 15) is 4.79 Å². The number of nitrogens with zero attached hydrogens (tertiary/aromatic N) is 1. The molecule has 0 saturated heterocycles. The fraction of sp³-hybridized carbons (Fsp3) is 0.909. The van der Waals surface area contributed by atoms with Gasteiger partial charge >= 0.3 is 5.97 Å². The summed E-state index contributed by atoms with van der Waals surface area (Å²) in [5.41, 5.74) is -0.739. The third-order valence-corrected chi connectivity index (χ3v) is 3.02. The summed E-state index contributed by atoms with van der Waals surface area (Å²) in [6.45, 7) is 8.63. The molecule has 1 fully saturated rings. The summed E-state index contributed by atoms with van der Waals surface area (Å²) >= 11 is 0. The topological polar surface area (TPSA) is 40.5 Å². The average molecular weight is 199 g/mol. The van der Waals surface area contributed by atoms with Crippen LogP contribution in [0, 0.1) is 5.92 Å². The highest BCUT2D eigenvalue weighted by Crippen LogP contribution is 2.32. The zero-order valence-electron chi connectivity index (χ0n) is 9.58. The molecule has 0 unspecified atom stereocenters. The van der Waals surface area contributed by atoms with Crippen LogP contribution in [0.1, 0.15) is 40.5 Å². The van der Waals surface area contributed by atoms with E-state index in [2.05, 4.69) is 18.7 Å². The molecule has 3 nitrogen and oxygen atoms in total. The largest absolute Gasteiger partial charge is 0.480 e. The number of hydrogen-bond acceptors (Lipinski definition) is 2. The highest BCUT2D eigenvalue weighted by molar-refractivity contribution is 5.77. The fourth-order valence-corrected chi connectivity index (χ4v) is 1.79. The van der Waals surface area contributed by atoms with Gasteiger partial charge in [-0.25, -0.2) is 0 Å². The molecule has 0 aliphatic heterocycles. The van der Waals surface area contributed by atoms with Gasteiger partial charge in [-0.05, 0) is 46.5 Å². The molecule has 1 aliphatic rings. The lowest BCUT2D eigenvalue weighted by Gasteiger charge is -2.38. The Morgan fingerprint density at radius 1 is 1.50 bits per heavy atom. The average Bonchev–Trinajstić information content (AvgIpc) is 2.81. The highest BCUT2D eigenvalue weighted by Gasteiger charge is 2.39. The predicted molar refractivity (Wildman–Crippen MR) is 56.3 cm³/mol. The summed E-state index contributed by atoms with van der Waals surface area (Å²) in [7, 11) is 0. The maximum Gasteiger partial charge on any atom is 0.323 e. The third-order valence-electron chi connectivity index (χ3n) is 3.02. The van der Waals surface area contributed by atoms with Crippen molar-refractivity contribution < 1.29 is 9.90 Å². The van der Waals surface area contributed by atoms with Gasteiger partial charge in [-0.3, -0.25) is 9.69 Å². The minimum atomic E-state index is -0.739. The zero-order valence-corrected chi connectivity index (χ0v) is 9.58. The van der Waals surface area contributed by atoms with Gasteiger partial charge in [-0.1, -0.05) is 0 Å². The summed E-state index contributed by atoms with van der Waals surface area (Å²) in [4.78, 5) is 13.2. The molecule has 0 radical (unpaired) electrons. The maximum atomic E-state index is 11.1. The number of aliphatic carboxylic acids is 1. The second-order valence-electron chi connectivity index (χ2n) is 5.05. The Morgan fingerprint density at radius 2 is 2.00 bits per heavy atom. The molecule has 0 heterocycles. The molecule has 0 spiro atoms. The molecule has 14 heavy (non-hydrogen) atoms. The minimum Gasteiger partial charge on any atom is -0.480 e. The van der Waals surface area contributed by atoms with Gasteiger partial charge in [0.25, 0.3) is 0 Å². The molecule has 0 aromatic carbocycles. The van der Waals surface area contributed by atoms with E-state index in [0.717, 1.165) is 12.5 Å². The molecule has 3 heteroatoms. The fourth-order valence-electron chi connectivity index (χ4n) is 1.79. The second kappa shape index (κ2) is 3.89. The van der Waals surface area contributed by atoms with E-state index in [-0.39, 0.29) is 0 Å². The Balaban J connectivity index is 2.68. The monoisotopic (exact) mass is 199 g/mol. The van der Waals surface area contributed by atoms with Crippen LogP contribution in [0.15, 0.2) is 0 Å². The Morgan fingerprint density at radius 3 is 2.29 bits per heavy atom. The number of carbonyl (C=O) groups is 1. The summed E-state index contributed by atoms with van der Waals surface area (Å²) < 4.78 is 0. The summed E-state index contributed by atoms with van der Waals surface area (Å²) in [5, 5.41) is 9.15. The van der Waals surface area contributed by atoms with Crippen LogP contribution >= 0.6 is 0 Å². The van der Waals surface area contributed by atoms with Gasteiger partial charge in [0.15, 0.2) is 0 Å².